The lowest BCUT2D eigenvalue weighted by Crippen LogP contribution is -2.44. The number of ether oxygens (including phenoxy) is 1. The zero-order valence-corrected chi connectivity index (χ0v) is 17.2. The zero-order chi connectivity index (χ0) is 20.1. The molecule has 2 amide bonds. The molecule has 0 unspecified atom stereocenters. The highest BCUT2D eigenvalue weighted by atomic mass is 16.6. The molecule has 0 aliphatic carbocycles. The van der Waals surface area contributed by atoms with Gasteiger partial charge in [-0.05, 0) is 64.2 Å². The summed E-state index contributed by atoms with van der Waals surface area (Å²) in [5.41, 5.74) is 0.570. The van der Waals surface area contributed by atoms with E-state index in [1.807, 2.05) is 33.0 Å². The lowest BCUT2D eigenvalue weighted by molar-refractivity contribution is -0.126. The molecule has 2 aliphatic rings. The molecule has 0 radical (unpaired) electrons. The van der Waals surface area contributed by atoms with Gasteiger partial charge in [0.05, 0.1) is 0 Å². The third kappa shape index (κ3) is 5.59. The van der Waals surface area contributed by atoms with E-state index in [4.69, 9.17) is 4.74 Å². The van der Waals surface area contributed by atoms with Crippen molar-refractivity contribution in [2.24, 2.45) is 5.92 Å². The predicted octanol–water partition coefficient (Wildman–Crippen LogP) is 2.95. The van der Waals surface area contributed by atoms with Crippen LogP contribution in [0.2, 0.25) is 0 Å². The maximum absolute atomic E-state index is 12.5. The largest absolute Gasteiger partial charge is 0.444 e. The Labute approximate surface area is 167 Å². The second-order valence-corrected chi connectivity index (χ2v) is 8.68. The van der Waals surface area contributed by atoms with Crippen LogP contribution in [-0.2, 0) is 16.1 Å². The van der Waals surface area contributed by atoms with Crippen LogP contribution < -0.4 is 10.2 Å². The Kier molecular flexibility index (Phi) is 6.42. The SMILES string of the molecule is CC(C)(C)OC(=O)N1CCC(C(=O)NCc2ccnc(N3CCCC3)c2)CC1. The second-order valence-electron chi connectivity index (χ2n) is 8.68. The van der Waals surface area contributed by atoms with E-state index < -0.39 is 5.60 Å². The van der Waals surface area contributed by atoms with Crippen LogP contribution in [0.3, 0.4) is 0 Å². The van der Waals surface area contributed by atoms with Gasteiger partial charge in [0.2, 0.25) is 5.91 Å². The number of carbonyl (C=O) groups is 2. The molecule has 2 aliphatic heterocycles. The summed E-state index contributed by atoms with van der Waals surface area (Å²) in [5.74, 6) is 0.997. The number of piperidine rings is 1. The quantitative estimate of drug-likeness (QED) is 0.858. The molecule has 154 valence electrons. The number of carbonyl (C=O) groups excluding carboxylic acids is 2. The average Bonchev–Trinajstić information content (AvgIpc) is 3.20. The molecule has 7 heteroatoms. The first-order valence-corrected chi connectivity index (χ1v) is 10.3. The number of nitrogens with zero attached hydrogens (tertiary/aromatic N) is 3. The molecular formula is C21H32N4O3. The van der Waals surface area contributed by atoms with Gasteiger partial charge < -0.3 is 19.9 Å². The molecule has 0 spiro atoms. The Morgan fingerprint density at radius 2 is 1.86 bits per heavy atom. The van der Waals surface area contributed by atoms with Crippen molar-refractivity contribution < 1.29 is 14.3 Å². The monoisotopic (exact) mass is 388 g/mol. The van der Waals surface area contributed by atoms with Crippen molar-refractivity contribution in [3.8, 4) is 0 Å². The van der Waals surface area contributed by atoms with Crippen molar-refractivity contribution in [3.63, 3.8) is 0 Å². The van der Waals surface area contributed by atoms with Crippen LogP contribution in [0.1, 0.15) is 52.0 Å². The van der Waals surface area contributed by atoms with Gasteiger partial charge in [-0.25, -0.2) is 9.78 Å². The van der Waals surface area contributed by atoms with Gasteiger partial charge in [0, 0.05) is 44.8 Å². The second kappa shape index (κ2) is 8.80. The maximum Gasteiger partial charge on any atom is 0.410 e. The average molecular weight is 389 g/mol. The van der Waals surface area contributed by atoms with Crippen molar-refractivity contribution >= 4 is 17.8 Å². The van der Waals surface area contributed by atoms with Crippen LogP contribution in [0.4, 0.5) is 10.6 Å². The molecule has 0 atom stereocenters. The van der Waals surface area contributed by atoms with E-state index >= 15 is 0 Å². The van der Waals surface area contributed by atoms with Crippen molar-refractivity contribution in [3.05, 3.63) is 23.9 Å². The van der Waals surface area contributed by atoms with Gasteiger partial charge in [-0.2, -0.15) is 0 Å². The summed E-state index contributed by atoms with van der Waals surface area (Å²) in [6, 6.07) is 4.02. The van der Waals surface area contributed by atoms with Crippen LogP contribution in [0.25, 0.3) is 0 Å². The van der Waals surface area contributed by atoms with Crippen LogP contribution in [-0.4, -0.2) is 53.7 Å². The van der Waals surface area contributed by atoms with Gasteiger partial charge in [0.15, 0.2) is 0 Å². The molecule has 2 saturated heterocycles. The van der Waals surface area contributed by atoms with E-state index in [0.29, 0.717) is 32.5 Å². The number of anilines is 1. The molecule has 1 N–H and O–H groups in total. The lowest BCUT2D eigenvalue weighted by Gasteiger charge is -2.32. The third-order valence-electron chi connectivity index (χ3n) is 5.22. The summed E-state index contributed by atoms with van der Waals surface area (Å²) in [4.78, 5) is 33.1. The molecule has 0 aromatic carbocycles. The molecular weight excluding hydrogens is 356 g/mol. The molecule has 7 nitrogen and oxygen atoms in total. The number of nitrogens with one attached hydrogen (secondary N) is 1. The van der Waals surface area contributed by atoms with Gasteiger partial charge in [0.1, 0.15) is 11.4 Å². The zero-order valence-electron chi connectivity index (χ0n) is 17.2. The highest BCUT2D eigenvalue weighted by molar-refractivity contribution is 5.79. The maximum atomic E-state index is 12.5. The predicted molar refractivity (Wildman–Crippen MR) is 108 cm³/mol. The van der Waals surface area contributed by atoms with Crippen LogP contribution >= 0.6 is 0 Å². The van der Waals surface area contributed by atoms with Gasteiger partial charge >= 0.3 is 6.09 Å². The normalized spacial score (nSPS) is 18.2. The first kappa shape index (κ1) is 20.4. The number of amides is 2. The van der Waals surface area contributed by atoms with E-state index in [1.165, 1.54) is 12.8 Å². The fourth-order valence-corrected chi connectivity index (χ4v) is 3.67. The van der Waals surface area contributed by atoms with Gasteiger partial charge in [0.25, 0.3) is 0 Å². The first-order valence-electron chi connectivity index (χ1n) is 10.3. The summed E-state index contributed by atoms with van der Waals surface area (Å²) in [5, 5.41) is 3.05. The number of likely N-dealkylation sites (tertiary alicyclic amines) is 1. The fraction of sp³-hybridized carbons (Fsp3) is 0.667. The van der Waals surface area contributed by atoms with Crippen molar-refractivity contribution in [1.29, 1.82) is 0 Å². The van der Waals surface area contributed by atoms with Crippen LogP contribution in [0.5, 0.6) is 0 Å². The van der Waals surface area contributed by atoms with Crippen LogP contribution in [0.15, 0.2) is 18.3 Å². The fourth-order valence-electron chi connectivity index (χ4n) is 3.67. The molecule has 3 rings (SSSR count). The number of aromatic nitrogens is 1. The van der Waals surface area contributed by atoms with Gasteiger partial charge in [-0.15, -0.1) is 0 Å². The molecule has 0 saturated carbocycles. The van der Waals surface area contributed by atoms with Crippen molar-refractivity contribution in [2.75, 3.05) is 31.1 Å². The molecule has 1 aromatic heterocycles. The van der Waals surface area contributed by atoms with Crippen molar-refractivity contribution in [1.82, 2.24) is 15.2 Å². The summed E-state index contributed by atoms with van der Waals surface area (Å²) in [6.07, 6.45) is 5.28. The van der Waals surface area contributed by atoms with E-state index in [9.17, 15) is 9.59 Å². The van der Waals surface area contributed by atoms with Gasteiger partial charge in [-0.3, -0.25) is 4.79 Å². The van der Waals surface area contributed by atoms with E-state index in [-0.39, 0.29) is 17.9 Å². The number of hydrogen-bond donors (Lipinski definition) is 1. The minimum Gasteiger partial charge on any atom is -0.444 e. The smallest absolute Gasteiger partial charge is 0.410 e. The molecule has 2 fully saturated rings. The molecule has 1 aromatic rings. The lowest BCUT2D eigenvalue weighted by atomic mass is 9.96. The summed E-state index contributed by atoms with van der Waals surface area (Å²) in [7, 11) is 0. The highest BCUT2D eigenvalue weighted by Crippen LogP contribution is 2.21. The third-order valence-corrected chi connectivity index (χ3v) is 5.22. The van der Waals surface area contributed by atoms with E-state index in [1.54, 1.807) is 4.90 Å². The van der Waals surface area contributed by atoms with Gasteiger partial charge in [-0.1, -0.05) is 0 Å². The Morgan fingerprint density at radius 3 is 2.50 bits per heavy atom. The number of pyridine rings is 1. The Hall–Kier alpha value is -2.31. The van der Waals surface area contributed by atoms with E-state index in [0.717, 1.165) is 24.5 Å². The Bertz CT molecular complexity index is 687. The number of hydrogen-bond acceptors (Lipinski definition) is 5. The minimum atomic E-state index is -0.496. The van der Waals surface area contributed by atoms with Crippen molar-refractivity contribution in [2.45, 2.75) is 58.6 Å². The Morgan fingerprint density at radius 1 is 1.18 bits per heavy atom. The van der Waals surface area contributed by atoms with Crippen LogP contribution in [0, 0.1) is 5.92 Å². The van der Waals surface area contributed by atoms with E-state index in [2.05, 4.69) is 21.3 Å². The summed E-state index contributed by atoms with van der Waals surface area (Å²) >= 11 is 0. The Balaban J connectivity index is 1.45. The molecule has 0 bridgehead atoms. The summed E-state index contributed by atoms with van der Waals surface area (Å²) in [6.45, 7) is 9.31. The minimum absolute atomic E-state index is 0.0569. The standard InChI is InChI=1S/C21H32N4O3/c1-21(2,3)28-20(27)25-12-7-17(8-13-25)19(26)23-15-16-6-9-22-18(14-16)24-10-4-5-11-24/h6,9,14,17H,4-5,7-8,10-13,15H2,1-3H3,(H,23,26). The molecule has 3 heterocycles. The first-order chi connectivity index (χ1) is 13.3. The number of rotatable bonds is 4. The summed E-state index contributed by atoms with van der Waals surface area (Å²) < 4.78 is 5.41. The highest BCUT2D eigenvalue weighted by Gasteiger charge is 2.29. The topological polar surface area (TPSA) is 74.8 Å². The molecule has 28 heavy (non-hydrogen) atoms.